The second kappa shape index (κ2) is 7.68. The van der Waals surface area contributed by atoms with Crippen LogP contribution in [0, 0.1) is 13.8 Å². The van der Waals surface area contributed by atoms with E-state index in [-0.39, 0.29) is 10.8 Å². The van der Waals surface area contributed by atoms with E-state index < -0.39 is 15.4 Å². The van der Waals surface area contributed by atoms with Crippen LogP contribution in [0.15, 0.2) is 47.4 Å². The molecule has 0 heterocycles. The standard InChI is InChI=1S/C22H28N2O3S/c1-5-24(6-2)28(26,27)19-14-16(3)17(4)20(15-19)23-21(25)22(12-13-22)18-10-8-7-9-11-18/h7-11,14-15H,5-6,12-13H2,1-4H3,(H,23,25). The number of amides is 1. The van der Waals surface area contributed by atoms with E-state index in [0.717, 1.165) is 29.5 Å². The number of hydrogen-bond donors (Lipinski definition) is 1. The summed E-state index contributed by atoms with van der Waals surface area (Å²) >= 11 is 0. The maximum atomic E-state index is 13.1. The van der Waals surface area contributed by atoms with Crippen LogP contribution < -0.4 is 5.32 Å². The van der Waals surface area contributed by atoms with E-state index in [1.807, 2.05) is 58.0 Å². The van der Waals surface area contributed by atoms with Crippen molar-refractivity contribution in [1.82, 2.24) is 4.31 Å². The number of aryl methyl sites for hydroxylation is 1. The number of carbonyl (C=O) groups is 1. The molecule has 3 rings (SSSR count). The number of benzene rings is 2. The molecule has 0 unspecified atom stereocenters. The Labute approximate surface area is 167 Å². The third kappa shape index (κ3) is 3.59. The molecule has 1 aliphatic carbocycles. The molecule has 1 aliphatic rings. The molecule has 0 aliphatic heterocycles. The summed E-state index contributed by atoms with van der Waals surface area (Å²) in [5.74, 6) is -0.0708. The SMILES string of the molecule is CCN(CC)S(=O)(=O)c1cc(C)c(C)c(NC(=O)C2(c3ccccc3)CC2)c1. The fourth-order valence-corrected chi connectivity index (χ4v) is 5.16. The Balaban J connectivity index is 1.95. The summed E-state index contributed by atoms with van der Waals surface area (Å²) in [6.07, 6.45) is 1.61. The minimum atomic E-state index is -3.59. The lowest BCUT2D eigenvalue weighted by atomic mass is 9.94. The van der Waals surface area contributed by atoms with Gasteiger partial charge >= 0.3 is 0 Å². The van der Waals surface area contributed by atoms with Crippen molar-refractivity contribution in [1.29, 1.82) is 0 Å². The van der Waals surface area contributed by atoms with Crippen LogP contribution in [0.1, 0.15) is 43.4 Å². The number of nitrogens with one attached hydrogen (secondary N) is 1. The van der Waals surface area contributed by atoms with Gasteiger partial charge in [0.2, 0.25) is 15.9 Å². The van der Waals surface area contributed by atoms with Gasteiger partial charge in [-0.2, -0.15) is 4.31 Å². The molecule has 0 bridgehead atoms. The highest BCUT2D eigenvalue weighted by Gasteiger charge is 2.51. The molecule has 1 N–H and O–H groups in total. The van der Waals surface area contributed by atoms with Gasteiger partial charge in [0.15, 0.2) is 0 Å². The topological polar surface area (TPSA) is 66.5 Å². The largest absolute Gasteiger partial charge is 0.325 e. The summed E-state index contributed by atoms with van der Waals surface area (Å²) in [4.78, 5) is 13.3. The van der Waals surface area contributed by atoms with E-state index in [9.17, 15) is 13.2 Å². The van der Waals surface area contributed by atoms with Crippen molar-refractivity contribution < 1.29 is 13.2 Å². The summed E-state index contributed by atoms with van der Waals surface area (Å²) in [6, 6.07) is 13.0. The van der Waals surface area contributed by atoms with Gasteiger partial charge in [-0.05, 0) is 55.5 Å². The zero-order chi connectivity index (χ0) is 20.5. The molecular weight excluding hydrogens is 372 g/mol. The van der Waals surface area contributed by atoms with Crippen molar-refractivity contribution in [3.8, 4) is 0 Å². The van der Waals surface area contributed by atoms with E-state index in [1.54, 1.807) is 12.1 Å². The first kappa shape index (κ1) is 20.6. The Morgan fingerprint density at radius 2 is 1.68 bits per heavy atom. The molecule has 1 amide bonds. The zero-order valence-corrected chi connectivity index (χ0v) is 17.8. The first-order valence-electron chi connectivity index (χ1n) is 9.74. The van der Waals surface area contributed by atoms with Crippen molar-refractivity contribution in [3.05, 3.63) is 59.2 Å². The Morgan fingerprint density at radius 3 is 2.21 bits per heavy atom. The number of carbonyl (C=O) groups excluding carboxylic acids is 1. The maximum absolute atomic E-state index is 13.1. The highest BCUT2D eigenvalue weighted by Crippen LogP contribution is 2.49. The van der Waals surface area contributed by atoms with Gasteiger partial charge in [0.1, 0.15) is 0 Å². The minimum absolute atomic E-state index is 0.0708. The number of sulfonamides is 1. The van der Waals surface area contributed by atoms with Crippen LogP contribution in [0.3, 0.4) is 0 Å². The molecule has 28 heavy (non-hydrogen) atoms. The van der Waals surface area contributed by atoms with Gasteiger partial charge in [-0.1, -0.05) is 44.2 Å². The number of nitrogens with zero attached hydrogens (tertiary/aromatic N) is 1. The van der Waals surface area contributed by atoms with E-state index in [2.05, 4.69) is 5.32 Å². The quantitative estimate of drug-likeness (QED) is 0.764. The minimum Gasteiger partial charge on any atom is -0.325 e. The molecule has 1 saturated carbocycles. The second-order valence-electron chi connectivity index (χ2n) is 7.40. The Morgan fingerprint density at radius 1 is 1.07 bits per heavy atom. The number of hydrogen-bond acceptors (Lipinski definition) is 3. The van der Waals surface area contributed by atoms with Crippen LogP contribution in [0.25, 0.3) is 0 Å². The van der Waals surface area contributed by atoms with Crippen molar-refractivity contribution in [2.45, 2.75) is 50.8 Å². The molecule has 0 radical (unpaired) electrons. The normalized spacial score (nSPS) is 15.5. The first-order chi connectivity index (χ1) is 13.3. The van der Waals surface area contributed by atoms with Crippen molar-refractivity contribution in [2.75, 3.05) is 18.4 Å². The lowest BCUT2D eigenvalue weighted by Crippen LogP contribution is -2.31. The molecule has 1 fully saturated rings. The predicted molar refractivity (Wildman–Crippen MR) is 112 cm³/mol. The van der Waals surface area contributed by atoms with Crippen molar-refractivity contribution in [3.63, 3.8) is 0 Å². The van der Waals surface area contributed by atoms with E-state index in [1.165, 1.54) is 4.31 Å². The second-order valence-corrected chi connectivity index (χ2v) is 9.34. The smallest absolute Gasteiger partial charge is 0.243 e. The average Bonchev–Trinajstić information content (AvgIpc) is 3.48. The molecule has 5 nitrogen and oxygen atoms in total. The monoisotopic (exact) mass is 400 g/mol. The van der Waals surface area contributed by atoms with E-state index >= 15 is 0 Å². The van der Waals surface area contributed by atoms with Gasteiger partial charge in [-0.25, -0.2) is 8.42 Å². The Bertz CT molecular complexity index is 976. The van der Waals surface area contributed by atoms with Crippen LogP contribution in [0.2, 0.25) is 0 Å². The fourth-order valence-electron chi connectivity index (χ4n) is 3.59. The maximum Gasteiger partial charge on any atom is 0.243 e. The fraction of sp³-hybridized carbons (Fsp3) is 0.409. The van der Waals surface area contributed by atoms with Gasteiger partial charge < -0.3 is 5.32 Å². The molecule has 150 valence electrons. The average molecular weight is 401 g/mol. The summed E-state index contributed by atoms with van der Waals surface area (Å²) in [6.45, 7) is 8.23. The van der Waals surface area contributed by atoms with E-state index in [4.69, 9.17) is 0 Å². The van der Waals surface area contributed by atoms with Gasteiger partial charge in [0.25, 0.3) is 0 Å². The summed E-state index contributed by atoms with van der Waals surface area (Å²) in [5, 5.41) is 3.02. The molecule has 0 spiro atoms. The van der Waals surface area contributed by atoms with Crippen LogP contribution in [-0.2, 0) is 20.2 Å². The highest BCUT2D eigenvalue weighted by molar-refractivity contribution is 7.89. The van der Waals surface area contributed by atoms with Crippen LogP contribution in [0.4, 0.5) is 5.69 Å². The molecular formula is C22H28N2O3S. The number of anilines is 1. The van der Waals surface area contributed by atoms with Crippen molar-refractivity contribution in [2.24, 2.45) is 0 Å². The van der Waals surface area contributed by atoms with Crippen molar-refractivity contribution >= 4 is 21.6 Å². The molecule has 2 aromatic rings. The summed E-state index contributed by atoms with van der Waals surface area (Å²) in [5.41, 5.74) is 2.80. The van der Waals surface area contributed by atoms with Gasteiger partial charge in [0.05, 0.1) is 10.3 Å². The van der Waals surface area contributed by atoms with Crippen LogP contribution in [-0.4, -0.2) is 31.7 Å². The van der Waals surface area contributed by atoms with Crippen LogP contribution >= 0.6 is 0 Å². The third-order valence-corrected chi connectivity index (χ3v) is 7.77. The lowest BCUT2D eigenvalue weighted by Gasteiger charge is -2.21. The molecule has 0 aromatic heterocycles. The Hall–Kier alpha value is -2.18. The lowest BCUT2D eigenvalue weighted by molar-refractivity contribution is -0.118. The van der Waals surface area contributed by atoms with Gasteiger partial charge in [-0.3, -0.25) is 4.79 Å². The summed E-state index contributed by atoms with van der Waals surface area (Å²) in [7, 11) is -3.59. The Kier molecular flexibility index (Phi) is 5.64. The van der Waals surface area contributed by atoms with Gasteiger partial charge in [-0.15, -0.1) is 0 Å². The first-order valence-corrected chi connectivity index (χ1v) is 11.2. The highest BCUT2D eigenvalue weighted by atomic mass is 32.2. The van der Waals surface area contributed by atoms with Crippen LogP contribution in [0.5, 0.6) is 0 Å². The molecule has 0 saturated heterocycles. The van der Waals surface area contributed by atoms with E-state index in [0.29, 0.717) is 18.8 Å². The molecule has 0 atom stereocenters. The summed E-state index contributed by atoms with van der Waals surface area (Å²) < 4.78 is 27.3. The number of rotatable bonds is 7. The predicted octanol–water partition coefficient (Wildman–Crippen LogP) is 4.00. The molecule has 6 heteroatoms. The zero-order valence-electron chi connectivity index (χ0n) is 17.0. The third-order valence-electron chi connectivity index (χ3n) is 5.74. The molecule has 2 aromatic carbocycles. The van der Waals surface area contributed by atoms with Gasteiger partial charge in [0, 0.05) is 18.8 Å².